The molecule has 0 heterocycles. The molecule has 0 bridgehead atoms. The Morgan fingerprint density at radius 2 is 2.20 bits per heavy atom. The second-order valence-corrected chi connectivity index (χ2v) is 2.26. The van der Waals surface area contributed by atoms with E-state index in [0.29, 0.717) is 12.0 Å². The normalized spacial score (nSPS) is 17.0. The number of carboxylic acid groups (broad SMARTS) is 1. The summed E-state index contributed by atoms with van der Waals surface area (Å²) in [6.45, 7) is 0. The molecule has 2 nitrogen and oxygen atoms in total. The molecule has 0 fully saturated rings. The maximum Gasteiger partial charge on any atom is 1.00 e. The smallest absolute Gasteiger partial charge is 0.545 e. The van der Waals surface area contributed by atoms with Gasteiger partial charge in [0.15, 0.2) is 0 Å². The first-order valence-electron chi connectivity index (χ1n) is 3.21. The number of carbonyl (C=O) groups is 1. The Morgan fingerprint density at radius 1 is 1.50 bits per heavy atom. The van der Waals surface area contributed by atoms with Gasteiger partial charge in [-0.2, -0.15) is 0 Å². The Kier molecular flexibility index (Phi) is 4.69. The SMILES string of the molecule is O=C([O-])C1=CCCCC1.[Ag+]. The zero-order valence-electron chi connectivity index (χ0n) is 5.52. The van der Waals surface area contributed by atoms with Crippen LogP contribution in [0, 0.1) is 0 Å². The van der Waals surface area contributed by atoms with Gasteiger partial charge >= 0.3 is 22.4 Å². The van der Waals surface area contributed by atoms with Gasteiger partial charge in [-0.15, -0.1) is 0 Å². The molecule has 0 radical (unpaired) electrons. The van der Waals surface area contributed by atoms with Crippen molar-refractivity contribution in [3.63, 3.8) is 0 Å². The zero-order valence-corrected chi connectivity index (χ0v) is 7.01. The summed E-state index contributed by atoms with van der Waals surface area (Å²) in [5.41, 5.74) is 0.487. The summed E-state index contributed by atoms with van der Waals surface area (Å²) in [5.74, 6) is -0.991. The minimum absolute atomic E-state index is 0. The minimum Gasteiger partial charge on any atom is -0.545 e. The summed E-state index contributed by atoms with van der Waals surface area (Å²) in [6.07, 6.45) is 5.49. The average Bonchev–Trinajstić information content (AvgIpc) is 1.90. The topological polar surface area (TPSA) is 40.1 Å². The number of carbonyl (C=O) groups excluding carboxylic acids is 1. The summed E-state index contributed by atoms with van der Waals surface area (Å²) in [6, 6.07) is 0. The molecule has 0 amide bonds. The molecular formula is C7H9AgO2. The summed E-state index contributed by atoms with van der Waals surface area (Å²) < 4.78 is 0. The fourth-order valence-electron chi connectivity index (χ4n) is 1.02. The van der Waals surface area contributed by atoms with Crippen LogP contribution in [0.1, 0.15) is 25.7 Å². The summed E-state index contributed by atoms with van der Waals surface area (Å²) in [7, 11) is 0. The van der Waals surface area contributed by atoms with Crippen LogP contribution in [0.5, 0.6) is 0 Å². The van der Waals surface area contributed by atoms with Gasteiger partial charge in [0.05, 0.1) is 5.97 Å². The molecule has 0 aromatic heterocycles. The van der Waals surface area contributed by atoms with Crippen molar-refractivity contribution in [2.75, 3.05) is 0 Å². The maximum absolute atomic E-state index is 10.2. The zero-order chi connectivity index (χ0) is 6.69. The van der Waals surface area contributed by atoms with E-state index in [1.165, 1.54) is 0 Å². The van der Waals surface area contributed by atoms with Crippen LogP contribution in [0.4, 0.5) is 0 Å². The van der Waals surface area contributed by atoms with Gasteiger partial charge in [0.1, 0.15) is 0 Å². The Balaban J connectivity index is 0.000000810. The molecule has 60 valence electrons. The molecule has 1 rings (SSSR count). The van der Waals surface area contributed by atoms with Gasteiger partial charge < -0.3 is 9.90 Å². The van der Waals surface area contributed by atoms with E-state index in [2.05, 4.69) is 0 Å². The van der Waals surface area contributed by atoms with Crippen LogP contribution in [0.2, 0.25) is 0 Å². The number of allylic oxidation sites excluding steroid dienone is 1. The molecule has 1 aliphatic carbocycles. The van der Waals surface area contributed by atoms with Gasteiger partial charge in [0, 0.05) is 0 Å². The summed E-state index contributed by atoms with van der Waals surface area (Å²) in [5, 5.41) is 10.2. The second kappa shape index (κ2) is 4.72. The monoisotopic (exact) mass is 232 g/mol. The maximum atomic E-state index is 10.2. The van der Waals surface area contributed by atoms with E-state index in [4.69, 9.17) is 0 Å². The molecule has 10 heavy (non-hydrogen) atoms. The molecular weight excluding hydrogens is 224 g/mol. The van der Waals surface area contributed by atoms with Crippen molar-refractivity contribution < 1.29 is 32.3 Å². The van der Waals surface area contributed by atoms with Crippen LogP contribution in [0.15, 0.2) is 11.6 Å². The molecule has 0 saturated heterocycles. The molecule has 3 heteroatoms. The molecule has 0 N–H and O–H groups in total. The molecule has 0 aliphatic heterocycles. The van der Waals surface area contributed by atoms with Crippen molar-refractivity contribution in [3.8, 4) is 0 Å². The van der Waals surface area contributed by atoms with E-state index in [-0.39, 0.29) is 22.4 Å². The number of aliphatic carboxylic acids is 1. The van der Waals surface area contributed by atoms with Crippen LogP contribution < -0.4 is 5.11 Å². The molecule has 1 aliphatic rings. The van der Waals surface area contributed by atoms with E-state index in [1.807, 2.05) is 0 Å². The Hall–Kier alpha value is -0.0497. The third-order valence-corrected chi connectivity index (χ3v) is 1.55. The van der Waals surface area contributed by atoms with E-state index in [1.54, 1.807) is 6.08 Å². The number of hydrogen-bond donors (Lipinski definition) is 0. The van der Waals surface area contributed by atoms with Crippen molar-refractivity contribution >= 4 is 5.97 Å². The Bertz CT molecular complexity index is 152. The van der Waals surface area contributed by atoms with Crippen molar-refractivity contribution in [2.24, 2.45) is 0 Å². The third kappa shape index (κ3) is 2.69. The molecule has 0 aromatic rings. The number of hydrogen-bond acceptors (Lipinski definition) is 2. The Morgan fingerprint density at radius 3 is 2.50 bits per heavy atom. The predicted molar refractivity (Wildman–Crippen MR) is 31.6 cm³/mol. The van der Waals surface area contributed by atoms with Gasteiger partial charge in [0.25, 0.3) is 0 Å². The predicted octanol–water partition coefficient (Wildman–Crippen LogP) is 0.234. The quantitative estimate of drug-likeness (QED) is 0.608. The molecule has 0 spiro atoms. The fraction of sp³-hybridized carbons (Fsp3) is 0.571. The second-order valence-electron chi connectivity index (χ2n) is 2.26. The van der Waals surface area contributed by atoms with E-state index in [0.717, 1.165) is 19.3 Å². The van der Waals surface area contributed by atoms with Gasteiger partial charge in [-0.05, 0) is 31.3 Å². The molecule has 0 saturated carbocycles. The van der Waals surface area contributed by atoms with Crippen molar-refractivity contribution in [1.82, 2.24) is 0 Å². The van der Waals surface area contributed by atoms with E-state index in [9.17, 15) is 9.90 Å². The van der Waals surface area contributed by atoms with Crippen molar-refractivity contribution in [1.29, 1.82) is 0 Å². The minimum atomic E-state index is -0.991. The van der Waals surface area contributed by atoms with E-state index < -0.39 is 5.97 Å². The standard InChI is InChI=1S/C7H10O2.Ag/c8-7(9)6-4-2-1-3-5-6;/h4H,1-3,5H2,(H,8,9);/q;+1/p-1. The van der Waals surface area contributed by atoms with Crippen LogP contribution in [0.3, 0.4) is 0 Å². The molecule has 0 unspecified atom stereocenters. The number of carboxylic acids is 1. The van der Waals surface area contributed by atoms with Gasteiger partial charge in [0.2, 0.25) is 0 Å². The largest absolute Gasteiger partial charge is 1.00 e. The van der Waals surface area contributed by atoms with Gasteiger partial charge in [-0.1, -0.05) is 6.08 Å². The first kappa shape index (κ1) is 9.95. The molecule has 0 atom stereocenters. The van der Waals surface area contributed by atoms with Gasteiger partial charge in [-0.3, -0.25) is 0 Å². The van der Waals surface area contributed by atoms with E-state index >= 15 is 0 Å². The molecule has 0 aromatic carbocycles. The fourth-order valence-corrected chi connectivity index (χ4v) is 1.02. The van der Waals surface area contributed by atoms with Crippen LogP contribution in [-0.2, 0) is 27.2 Å². The van der Waals surface area contributed by atoms with Crippen LogP contribution >= 0.6 is 0 Å². The Labute approximate surface area is 75.8 Å². The van der Waals surface area contributed by atoms with Crippen LogP contribution in [-0.4, -0.2) is 5.97 Å². The average molecular weight is 233 g/mol. The summed E-state index contributed by atoms with van der Waals surface area (Å²) in [4.78, 5) is 10.2. The van der Waals surface area contributed by atoms with Crippen LogP contribution in [0.25, 0.3) is 0 Å². The first-order valence-corrected chi connectivity index (χ1v) is 3.21. The number of rotatable bonds is 1. The van der Waals surface area contributed by atoms with Crippen molar-refractivity contribution in [2.45, 2.75) is 25.7 Å². The third-order valence-electron chi connectivity index (χ3n) is 1.55. The van der Waals surface area contributed by atoms with Gasteiger partial charge in [-0.25, -0.2) is 0 Å². The first-order chi connectivity index (χ1) is 4.30. The van der Waals surface area contributed by atoms with Crippen molar-refractivity contribution in [3.05, 3.63) is 11.6 Å². The summed E-state index contributed by atoms with van der Waals surface area (Å²) >= 11 is 0.